The molecule has 1 spiro atoms. The molecule has 1 aromatic rings. The number of azo groups is 1. The summed E-state index contributed by atoms with van der Waals surface area (Å²) in [4.78, 5) is 25.7. The van der Waals surface area contributed by atoms with E-state index in [1.54, 1.807) is 6.07 Å². The van der Waals surface area contributed by atoms with Gasteiger partial charge in [0.05, 0.1) is 18.7 Å². The van der Waals surface area contributed by atoms with E-state index >= 15 is 0 Å². The third-order valence-corrected chi connectivity index (χ3v) is 3.44. The van der Waals surface area contributed by atoms with E-state index in [1.807, 2.05) is 25.1 Å². The van der Waals surface area contributed by atoms with Crippen LogP contribution in [0.15, 0.2) is 34.5 Å². The number of rotatable bonds is 1. The molecule has 2 aliphatic heterocycles. The molecule has 0 aliphatic carbocycles. The Hall–Kier alpha value is -2.04. The van der Waals surface area contributed by atoms with Crippen LogP contribution >= 0.6 is 0 Å². The van der Waals surface area contributed by atoms with Gasteiger partial charge >= 0.3 is 0 Å². The second kappa shape index (κ2) is 3.73. The van der Waals surface area contributed by atoms with Gasteiger partial charge in [-0.05, 0) is 24.6 Å². The summed E-state index contributed by atoms with van der Waals surface area (Å²) in [7, 11) is 0. The van der Waals surface area contributed by atoms with Crippen molar-refractivity contribution >= 4 is 17.5 Å². The van der Waals surface area contributed by atoms with E-state index in [0.29, 0.717) is 18.7 Å². The summed E-state index contributed by atoms with van der Waals surface area (Å²) in [5.41, 5.74) is 0.729. The molecule has 2 amide bonds. The summed E-state index contributed by atoms with van der Waals surface area (Å²) in [6.45, 7) is 2.46. The first-order valence-electron chi connectivity index (χ1n) is 5.95. The van der Waals surface area contributed by atoms with Crippen molar-refractivity contribution in [1.29, 1.82) is 0 Å². The highest BCUT2D eigenvalue weighted by molar-refractivity contribution is 6.24. The predicted octanol–water partition coefficient (Wildman–Crippen LogP) is 1.85. The van der Waals surface area contributed by atoms with Gasteiger partial charge < -0.3 is 0 Å². The predicted molar refractivity (Wildman–Crippen MR) is 65.4 cm³/mol. The van der Waals surface area contributed by atoms with Gasteiger partial charge in [-0.3, -0.25) is 9.59 Å². The van der Waals surface area contributed by atoms with Gasteiger partial charge in [-0.15, -0.1) is 0 Å². The van der Waals surface area contributed by atoms with E-state index in [2.05, 4.69) is 10.2 Å². The lowest BCUT2D eigenvalue weighted by Gasteiger charge is -2.17. The molecule has 0 saturated carbocycles. The Labute approximate surface area is 105 Å². The van der Waals surface area contributed by atoms with Crippen LogP contribution in [0.2, 0.25) is 0 Å². The molecular weight excluding hydrogens is 230 g/mol. The Balaban J connectivity index is 2.01. The van der Waals surface area contributed by atoms with Crippen molar-refractivity contribution in [3.8, 4) is 0 Å². The van der Waals surface area contributed by atoms with E-state index < -0.39 is 5.54 Å². The lowest BCUT2D eigenvalue weighted by Crippen LogP contribution is -2.38. The summed E-state index contributed by atoms with van der Waals surface area (Å²) < 4.78 is 0. The maximum atomic E-state index is 12.4. The molecule has 5 nitrogen and oxygen atoms in total. The Kier molecular flexibility index (Phi) is 2.29. The molecule has 0 unspecified atom stereocenters. The molecule has 1 atom stereocenters. The molecule has 1 fully saturated rings. The average Bonchev–Trinajstić information content (AvgIpc) is 2.87. The van der Waals surface area contributed by atoms with Crippen molar-refractivity contribution in [2.45, 2.75) is 25.3 Å². The fourth-order valence-corrected chi connectivity index (χ4v) is 2.50. The molecule has 1 saturated heterocycles. The van der Waals surface area contributed by atoms with Crippen LogP contribution in [0.3, 0.4) is 0 Å². The molecule has 3 rings (SSSR count). The average molecular weight is 243 g/mol. The lowest BCUT2D eigenvalue weighted by molar-refractivity contribution is -0.122. The minimum Gasteiger partial charge on any atom is -0.274 e. The topological polar surface area (TPSA) is 62.1 Å². The van der Waals surface area contributed by atoms with Gasteiger partial charge in [-0.2, -0.15) is 10.2 Å². The largest absolute Gasteiger partial charge is 0.274 e. The van der Waals surface area contributed by atoms with Crippen molar-refractivity contribution in [1.82, 2.24) is 0 Å². The van der Waals surface area contributed by atoms with E-state index in [-0.39, 0.29) is 18.2 Å². The zero-order valence-electron chi connectivity index (χ0n) is 10.1. The molecule has 2 heterocycles. The van der Waals surface area contributed by atoms with Gasteiger partial charge in [0, 0.05) is 6.42 Å². The first-order chi connectivity index (χ1) is 8.62. The third kappa shape index (κ3) is 1.47. The van der Waals surface area contributed by atoms with Crippen LogP contribution in [0.1, 0.15) is 18.4 Å². The SMILES string of the molecule is Cc1cccc(N2C(=O)C[C@]3(CCN=N3)C2=O)c1. The van der Waals surface area contributed by atoms with Crippen LogP contribution < -0.4 is 4.90 Å². The Morgan fingerprint density at radius 3 is 2.83 bits per heavy atom. The standard InChI is InChI=1S/C13H13N3O2/c1-9-3-2-4-10(7-9)16-11(17)8-13(12(16)18)5-6-14-15-13/h2-4,7H,5-6,8H2,1H3/t13-/m1/s1. The molecule has 0 bridgehead atoms. The molecule has 92 valence electrons. The minimum absolute atomic E-state index is 0.142. The van der Waals surface area contributed by atoms with E-state index in [9.17, 15) is 9.59 Å². The van der Waals surface area contributed by atoms with Crippen LogP contribution in [0.5, 0.6) is 0 Å². The molecule has 5 heteroatoms. The number of amides is 2. The number of carbonyl (C=O) groups excluding carboxylic acids is 2. The number of hydrogen-bond acceptors (Lipinski definition) is 4. The van der Waals surface area contributed by atoms with Crippen molar-refractivity contribution in [2.75, 3.05) is 11.4 Å². The van der Waals surface area contributed by atoms with Crippen molar-refractivity contribution in [2.24, 2.45) is 10.2 Å². The number of carbonyl (C=O) groups is 2. The summed E-state index contributed by atoms with van der Waals surface area (Å²) in [5.74, 6) is -0.425. The maximum absolute atomic E-state index is 12.4. The van der Waals surface area contributed by atoms with Crippen molar-refractivity contribution < 1.29 is 9.59 Å². The maximum Gasteiger partial charge on any atom is 0.264 e. The highest BCUT2D eigenvalue weighted by Crippen LogP contribution is 2.37. The quantitative estimate of drug-likeness (QED) is 0.707. The molecule has 0 aromatic heterocycles. The number of aryl methyl sites for hydroxylation is 1. The monoisotopic (exact) mass is 243 g/mol. The van der Waals surface area contributed by atoms with E-state index in [1.165, 1.54) is 4.90 Å². The van der Waals surface area contributed by atoms with Crippen molar-refractivity contribution in [3.05, 3.63) is 29.8 Å². The van der Waals surface area contributed by atoms with Gasteiger partial charge in [0.2, 0.25) is 5.91 Å². The van der Waals surface area contributed by atoms with Gasteiger partial charge in [0.25, 0.3) is 5.91 Å². The first kappa shape index (κ1) is 11.1. The van der Waals surface area contributed by atoms with Crippen molar-refractivity contribution in [3.63, 3.8) is 0 Å². The smallest absolute Gasteiger partial charge is 0.264 e. The van der Waals surface area contributed by atoms with E-state index in [4.69, 9.17) is 0 Å². The molecule has 1 aromatic carbocycles. The third-order valence-electron chi connectivity index (χ3n) is 3.44. The summed E-state index contributed by atoms with van der Waals surface area (Å²) in [5, 5.41) is 7.88. The number of imide groups is 1. The Bertz CT molecular complexity index is 567. The molecule has 0 N–H and O–H groups in total. The van der Waals surface area contributed by atoms with Crippen LogP contribution in [-0.2, 0) is 9.59 Å². The number of hydrogen-bond donors (Lipinski definition) is 0. The first-order valence-corrected chi connectivity index (χ1v) is 5.95. The normalized spacial score (nSPS) is 26.6. The van der Waals surface area contributed by atoms with Gasteiger partial charge in [0.1, 0.15) is 0 Å². The van der Waals surface area contributed by atoms with Gasteiger partial charge in [-0.1, -0.05) is 12.1 Å². The fourth-order valence-electron chi connectivity index (χ4n) is 2.50. The second-order valence-electron chi connectivity index (χ2n) is 4.80. The van der Waals surface area contributed by atoms with Crippen LogP contribution in [0.25, 0.3) is 0 Å². The number of anilines is 1. The van der Waals surface area contributed by atoms with E-state index in [0.717, 1.165) is 5.56 Å². The summed E-state index contributed by atoms with van der Waals surface area (Å²) >= 11 is 0. The lowest BCUT2D eigenvalue weighted by atomic mass is 9.96. The highest BCUT2D eigenvalue weighted by Gasteiger charge is 2.54. The molecular formula is C13H13N3O2. The molecule has 2 aliphatic rings. The fraction of sp³-hybridized carbons (Fsp3) is 0.385. The zero-order chi connectivity index (χ0) is 12.8. The van der Waals surface area contributed by atoms with Crippen LogP contribution in [0, 0.1) is 6.92 Å². The van der Waals surface area contributed by atoms with Crippen LogP contribution in [-0.4, -0.2) is 23.9 Å². The zero-order valence-corrected chi connectivity index (χ0v) is 10.1. The summed E-state index contributed by atoms with van der Waals surface area (Å²) in [6, 6.07) is 7.38. The van der Waals surface area contributed by atoms with Gasteiger partial charge in [-0.25, -0.2) is 4.90 Å². The van der Waals surface area contributed by atoms with Crippen LogP contribution in [0.4, 0.5) is 5.69 Å². The highest BCUT2D eigenvalue weighted by atomic mass is 16.2. The Morgan fingerprint density at radius 2 is 2.17 bits per heavy atom. The number of benzene rings is 1. The minimum atomic E-state index is -0.916. The number of nitrogens with zero attached hydrogens (tertiary/aromatic N) is 3. The van der Waals surface area contributed by atoms with Gasteiger partial charge in [0.15, 0.2) is 5.54 Å². The Morgan fingerprint density at radius 1 is 1.33 bits per heavy atom. The molecule has 0 radical (unpaired) electrons. The second-order valence-corrected chi connectivity index (χ2v) is 4.80. The molecule has 18 heavy (non-hydrogen) atoms. The summed E-state index contributed by atoms with van der Waals surface area (Å²) in [6.07, 6.45) is 0.684.